The first-order chi connectivity index (χ1) is 13.2. The Morgan fingerprint density at radius 3 is 2.74 bits per heavy atom. The summed E-state index contributed by atoms with van der Waals surface area (Å²) in [5.41, 5.74) is 1.79. The highest BCUT2D eigenvalue weighted by atomic mass is 19.1. The van der Waals surface area contributed by atoms with Gasteiger partial charge < -0.3 is 10.2 Å². The van der Waals surface area contributed by atoms with E-state index < -0.39 is 0 Å². The molecule has 0 aliphatic carbocycles. The highest BCUT2D eigenvalue weighted by Gasteiger charge is 2.32. The van der Waals surface area contributed by atoms with Crippen molar-refractivity contribution in [2.45, 2.75) is 25.4 Å². The Kier molecular flexibility index (Phi) is 4.82. The first-order valence-corrected chi connectivity index (χ1v) is 8.97. The third-order valence-electron chi connectivity index (χ3n) is 4.72. The van der Waals surface area contributed by atoms with Gasteiger partial charge in [0.25, 0.3) is 0 Å². The number of aromatic nitrogens is 3. The van der Waals surface area contributed by atoms with Crippen LogP contribution in [0.2, 0.25) is 0 Å². The molecule has 1 unspecified atom stereocenters. The number of hydrogen-bond donors (Lipinski definition) is 2. The van der Waals surface area contributed by atoms with Crippen LogP contribution in [0.1, 0.15) is 30.3 Å². The Labute approximate surface area is 156 Å². The number of likely N-dealkylation sites (tertiary alicyclic amines) is 1. The number of carbonyl (C=O) groups is 1. The van der Waals surface area contributed by atoms with Crippen molar-refractivity contribution >= 4 is 6.03 Å². The number of carbonyl (C=O) groups excluding carboxylic acids is 1. The van der Waals surface area contributed by atoms with E-state index >= 15 is 0 Å². The summed E-state index contributed by atoms with van der Waals surface area (Å²) in [7, 11) is 0. The maximum absolute atomic E-state index is 13.1. The van der Waals surface area contributed by atoms with Gasteiger partial charge in [-0.3, -0.25) is 5.10 Å². The molecule has 138 valence electrons. The van der Waals surface area contributed by atoms with E-state index in [1.807, 2.05) is 30.3 Å². The largest absolute Gasteiger partial charge is 0.334 e. The maximum Gasteiger partial charge on any atom is 0.318 e. The molecule has 7 heteroatoms. The molecule has 1 aliphatic rings. The minimum Gasteiger partial charge on any atom is -0.334 e. The van der Waals surface area contributed by atoms with Gasteiger partial charge in [-0.15, -0.1) is 0 Å². The van der Waals surface area contributed by atoms with Gasteiger partial charge >= 0.3 is 6.03 Å². The first-order valence-electron chi connectivity index (χ1n) is 8.97. The van der Waals surface area contributed by atoms with E-state index in [0.717, 1.165) is 24.0 Å². The van der Waals surface area contributed by atoms with Crippen LogP contribution < -0.4 is 5.32 Å². The van der Waals surface area contributed by atoms with E-state index in [4.69, 9.17) is 0 Å². The number of nitrogens with zero attached hydrogens (tertiary/aromatic N) is 3. The molecule has 1 aromatic heterocycles. The van der Waals surface area contributed by atoms with E-state index in [9.17, 15) is 9.18 Å². The predicted molar refractivity (Wildman–Crippen MR) is 99.1 cm³/mol. The Balaban J connectivity index is 1.45. The summed E-state index contributed by atoms with van der Waals surface area (Å²) in [6, 6.07) is 15.6. The third kappa shape index (κ3) is 3.81. The smallest absolute Gasteiger partial charge is 0.318 e. The van der Waals surface area contributed by atoms with Crippen molar-refractivity contribution < 1.29 is 9.18 Å². The van der Waals surface area contributed by atoms with Gasteiger partial charge in [-0.2, -0.15) is 5.10 Å². The standard InChI is InChI=1S/C20H20FN5O/c21-16-10-8-15(9-11-16)18-23-19(25-24-18)17-7-4-12-26(17)20(27)22-13-14-5-2-1-3-6-14/h1-3,5-6,8-11,17H,4,7,12-13H2,(H,22,27)(H,23,24,25). The number of H-pyrrole nitrogens is 1. The molecule has 2 N–H and O–H groups in total. The number of urea groups is 1. The van der Waals surface area contributed by atoms with Gasteiger partial charge in [0.15, 0.2) is 5.82 Å². The van der Waals surface area contributed by atoms with Crippen molar-refractivity contribution in [1.82, 2.24) is 25.4 Å². The van der Waals surface area contributed by atoms with Gasteiger partial charge in [-0.25, -0.2) is 14.2 Å². The lowest BCUT2D eigenvalue weighted by molar-refractivity contribution is 0.190. The van der Waals surface area contributed by atoms with Gasteiger partial charge in [0, 0.05) is 18.7 Å². The zero-order valence-electron chi connectivity index (χ0n) is 14.7. The fraction of sp³-hybridized carbons (Fsp3) is 0.250. The van der Waals surface area contributed by atoms with Gasteiger partial charge in [0.1, 0.15) is 11.6 Å². The van der Waals surface area contributed by atoms with Crippen LogP contribution in [0.5, 0.6) is 0 Å². The molecular formula is C20H20FN5O. The Morgan fingerprint density at radius 1 is 1.19 bits per heavy atom. The van der Waals surface area contributed by atoms with Crippen LogP contribution in [0.3, 0.4) is 0 Å². The molecule has 4 rings (SSSR count). The Bertz CT molecular complexity index is 910. The van der Waals surface area contributed by atoms with Crippen LogP contribution >= 0.6 is 0 Å². The molecular weight excluding hydrogens is 345 g/mol. The van der Waals surface area contributed by atoms with Crippen molar-refractivity contribution in [1.29, 1.82) is 0 Å². The van der Waals surface area contributed by atoms with E-state index in [2.05, 4.69) is 20.5 Å². The number of rotatable bonds is 4. The van der Waals surface area contributed by atoms with Crippen molar-refractivity contribution in [3.8, 4) is 11.4 Å². The van der Waals surface area contributed by atoms with Gasteiger partial charge in [-0.05, 0) is 42.7 Å². The molecule has 3 aromatic rings. The molecule has 0 spiro atoms. The summed E-state index contributed by atoms with van der Waals surface area (Å²) in [4.78, 5) is 18.9. The summed E-state index contributed by atoms with van der Waals surface area (Å²) in [6.45, 7) is 1.16. The molecule has 0 saturated carbocycles. The SMILES string of the molecule is O=C(NCc1ccccc1)N1CCCC1c1nc(-c2ccc(F)cc2)n[nH]1. The molecule has 1 atom stereocenters. The van der Waals surface area contributed by atoms with Crippen molar-refractivity contribution in [3.05, 3.63) is 71.8 Å². The maximum atomic E-state index is 13.1. The second-order valence-electron chi connectivity index (χ2n) is 6.55. The Hall–Kier alpha value is -3.22. The molecule has 0 radical (unpaired) electrons. The fourth-order valence-corrected chi connectivity index (χ4v) is 3.32. The summed E-state index contributed by atoms with van der Waals surface area (Å²) in [5.74, 6) is 0.856. The first kappa shape index (κ1) is 17.2. The number of amides is 2. The van der Waals surface area contributed by atoms with E-state index in [-0.39, 0.29) is 17.9 Å². The number of halogens is 1. The number of hydrogen-bond acceptors (Lipinski definition) is 3. The quantitative estimate of drug-likeness (QED) is 0.741. The van der Waals surface area contributed by atoms with Crippen molar-refractivity contribution in [3.63, 3.8) is 0 Å². The Morgan fingerprint density at radius 2 is 1.96 bits per heavy atom. The van der Waals surface area contributed by atoms with Gasteiger partial charge in [0.05, 0.1) is 6.04 Å². The average Bonchev–Trinajstić information content (AvgIpc) is 3.37. The molecule has 27 heavy (non-hydrogen) atoms. The molecule has 2 aromatic carbocycles. The minimum absolute atomic E-state index is 0.110. The van der Waals surface area contributed by atoms with Crippen LogP contribution in [-0.2, 0) is 6.54 Å². The molecule has 0 bridgehead atoms. The minimum atomic E-state index is -0.299. The number of benzene rings is 2. The molecule has 6 nitrogen and oxygen atoms in total. The lowest BCUT2D eigenvalue weighted by Crippen LogP contribution is -2.39. The summed E-state index contributed by atoms with van der Waals surface area (Å²) < 4.78 is 13.1. The predicted octanol–water partition coefficient (Wildman–Crippen LogP) is 3.66. The van der Waals surface area contributed by atoms with Crippen LogP contribution in [0, 0.1) is 5.82 Å². The number of aromatic amines is 1. The third-order valence-corrected chi connectivity index (χ3v) is 4.72. The second-order valence-corrected chi connectivity index (χ2v) is 6.55. The molecule has 2 heterocycles. The normalized spacial score (nSPS) is 16.5. The topological polar surface area (TPSA) is 73.9 Å². The summed E-state index contributed by atoms with van der Waals surface area (Å²) >= 11 is 0. The molecule has 2 amide bonds. The van der Waals surface area contributed by atoms with Crippen molar-refractivity contribution in [2.24, 2.45) is 0 Å². The lowest BCUT2D eigenvalue weighted by Gasteiger charge is -2.23. The van der Waals surface area contributed by atoms with Crippen LogP contribution in [0.25, 0.3) is 11.4 Å². The zero-order chi connectivity index (χ0) is 18.6. The number of nitrogens with one attached hydrogen (secondary N) is 2. The molecule has 1 saturated heterocycles. The van der Waals surface area contributed by atoms with Crippen molar-refractivity contribution in [2.75, 3.05) is 6.54 Å². The second kappa shape index (κ2) is 7.57. The highest BCUT2D eigenvalue weighted by Crippen LogP contribution is 2.30. The van der Waals surface area contributed by atoms with Crippen LogP contribution in [0.15, 0.2) is 54.6 Å². The average molecular weight is 365 g/mol. The fourth-order valence-electron chi connectivity index (χ4n) is 3.32. The van der Waals surface area contributed by atoms with E-state index in [1.54, 1.807) is 17.0 Å². The summed E-state index contributed by atoms with van der Waals surface area (Å²) in [6.07, 6.45) is 1.74. The van der Waals surface area contributed by atoms with E-state index in [1.165, 1.54) is 12.1 Å². The monoisotopic (exact) mass is 365 g/mol. The van der Waals surface area contributed by atoms with Gasteiger partial charge in [-0.1, -0.05) is 30.3 Å². The lowest BCUT2D eigenvalue weighted by atomic mass is 10.2. The highest BCUT2D eigenvalue weighted by molar-refractivity contribution is 5.75. The van der Waals surface area contributed by atoms with Gasteiger partial charge in [0.2, 0.25) is 0 Å². The zero-order valence-corrected chi connectivity index (χ0v) is 14.7. The van der Waals surface area contributed by atoms with Crippen LogP contribution in [0.4, 0.5) is 9.18 Å². The summed E-state index contributed by atoms with van der Waals surface area (Å²) in [5, 5.41) is 10.1. The molecule has 1 fully saturated rings. The van der Waals surface area contributed by atoms with Crippen LogP contribution in [-0.4, -0.2) is 32.7 Å². The van der Waals surface area contributed by atoms with E-state index in [0.29, 0.717) is 24.7 Å². The molecule has 1 aliphatic heterocycles.